The van der Waals surface area contributed by atoms with Gasteiger partial charge in [0.2, 0.25) is 11.0 Å². The Kier molecular flexibility index (Phi) is 7.01. The van der Waals surface area contributed by atoms with Crippen molar-refractivity contribution in [3.8, 4) is 22.5 Å². The van der Waals surface area contributed by atoms with E-state index >= 15 is 0 Å². The molecule has 0 bridgehead atoms. The number of anilines is 3. The van der Waals surface area contributed by atoms with Crippen molar-refractivity contribution in [2.24, 2.45) is 5.92 Å². The van der Waals surface area contributed by atoms with E-state index in [1.54, 1.807) is 0 Å². The van der Waals surface area contributed by atoms with E-state index in [4.69, 9.17) is 0 Å². The first kappa shape index (κ1) is 24.6. The summed E-state index contributed by atoms with van der Waals surface area (Å²) < 4.78 is 42.7. The summed E-state index contributed by atoms with van der Waals surface area (Å²) in [5, 5.41) is 17.3. The number of hydrogen-bond donors (Lipinski definition) is 2. The van der Waals surface area contributed by atoms with E-state index in [-0.39, 0.29) is 11.2 Å². The Morgan fingerprint density at radius 2 is 1.80 bits per heavy atom. The second-order valence-electron chi connectivity index (χ2n) is 8.71. The van der Waals surface area contributed by atoms with Crippen molar-refractivity contribution in [1.29, 1.82) is 0 Å². The Balaban J connectivity index is 1.81. The summed E-state index contributed by atoms with van der Waals surface area (Å²) in [7, 11) is 0. The summed E-state index contributed by atoms with van der Waals surface area (Å²) >= 11 is 0.675. The Bertz CT molecular complexity index is 1270. The molecule has 0 saturated heterocycles. The van der Waals surface area contributed by atoms with Gasteiger partial charge in [-0.25, -0.2) is 5.10 Å². The number of nitrogens with one attached hydrogen (secondary N) is 2. The van der Waals surface area contributed by atoms with Crippen LogP contribution in [0.3, 0.4) is 0 Å². The smallest absolute Gasteiger partial charge is 0.367 e. The Morgan fingerprint density at radius 1 is 1.06 bits per heavy atom. The summed E-state index contributed by atoms with van der Waals surface area (Å²) in [6.45, 7) is 9.19. The quantitative estimate of drug-likeness (QED) is 0.304. The molecule has 0 aliphatic carbocycles. The van der Waals surface area contributed by atoms with Gasteiger partial charge >= 0.3 is 6.18 Å². The van der Waals surface area contributed by atoms with Crippen LogP contribution in [0.4, 0.5) is 29.7 Å². The second kappa shape index (κ2) is 9.98. The zero-order valence-electron chi connectivity index (χ0n) is 19.6. The lowest BCUT2D eigenvalue weighted by atomic mass is 9.97. The third kappa shape index (κ3) is 5.59. The van der Waals surface area contributed by atoms with E-state index < -0.39 is 12.0 Å². The number of halogens is 3. The lowest BCUT2D eigenvalue weighted by Gasteiger charge is -2.32. The molecule has 0 fully saturated rings. The molecular weight excluding hydrogens is 477 g/mol. The fourth-order valence-electron chi connectivity index (χ4n) is 3.75. The van der Waals surface area contributed by atoms with Crippen LogP contribution in [0.2, 0.25) is 0 Å². The van der Waals surface area contributed by atoms with Gasteiger partial charge < -0.3 is 10.2 Å². The summed E-state index contributed by atoms with van der Waals surface area (Å²) in [6.07, 6.45) is -4.60. The monoisotopic (exact) mass is 502 g/mol. The fraction of sp³-hybridized carbons (Fsp3) is 0.348. The number of hydrogen-bond acceptors (Lipinski definition) is 8. The van der Waals surface area contributed by atoms with Crippen molar-refractivity contribution in [3.63, 3.8) is 0 Å². The number of aromatic nitrogens is 6. The highest BCUT2D eigenvalue weighted by molar-refractivity contribution is 7.09. The number of nitrogens with zero attached hydrogens (tertiary/aromatic N) is 6. The van der Waals surface area contributed by atoms with E-state index in [0.717, 1.165) is 28.9 Å². The maximum atomic E-state index is 13.1. The van der Waals surface area contributed by atoms with Crippen molar-refractivity contribution >= 4 is 28.0 Å². The SMILES string of the molecule is CC(C)CN(c1ccc(-c2ccccc2-c2nnn[nH]2)cc1Nc1nc(C(F)(F)F)ns1)C(C)C. The van der Waals surface area contributed by atoms with Gasteiger partial charge in [0, 0.05) is 29.7 Å². The third-order valence-electron chi connectivity index (χ3n) is 5.25. The highest BCUT2D eigenvalue weighted by atomic mass is 32.1. The second-order valence-corrected chi connectivity index (χ2v) is 9.47. The van der Waals surface area contributed by atoms with Crippen LogP contribution in [0.15, 0.2) is 42.5 Å². The normalized spacial score (nSPS) is 11.9. The first-order valence-corrected chi connectivity index (χ1v) is 11.8. The number of rotatable bonds is 8. The van der Waals surface area contributed by atoms with Gasteiger partial charge in [0.25, 0.3) is 0 Å². The van der Waals surface area contributed by atoms with Crippen LogP contribution in [0.25, 0.3) is 22.5 Å². The molecule has 8 nitrogen and oxygen atoms in total. The van der Waals surface area contributed by atoms with Gasteiger partial charge in [-0.3, -0.25) is 0 Å². The van der Waals surface area contributed by atoms with Crippen LogP contribution in [-0.2, 0) is 6.18 Å². The van der Waals surface area contributed by atoms with Gasteiger partial charge in [-0.05, 0) is 53.5 Å². The molecule has 0 unspecified atom stereocenters. The minimum Gasteiger partial charge on any atom is -0.367 e. The topological polar surface area (TPSA) is 95.5 Å². The van der Waals surface area contributed by atoms with E-state index in [0.29, 0.717) is 29.0 Å². The molecule has 2 N–H and O–H groups in total. The first-order valence-electron chi connectivity index (χ1n) is 11.1. The predicted octanol–water partition coefficient (Wildman–Crippen LogP) is 6.02. The van der Waals surface area contributed by atoms with Gasteiger partial charge in [-0.15, -0.1) is 5.10 Å². The minimum atomic E-state index is -4.60. The molecule has 0 atom stereocenters. The highest BCUT2D eigenvalue weighted by Gasteiger charge is 2.36. The molecule has 0 saturated carbocycles. The van der Waals surface area contributed by atoms with E-state index in [1.807, 2.05) is 42.5 Å². The number of H-pyrrole nitrogens is 1. The highest BCUT2D eigenvalue weighted by Crippen LogP contribution is 2.38. The van der Waals surface area contributed by atoms with Gasteiger partial charge in [0.15, 0.2) is 5.82 Å². The molecule has 0 amide bonds. The maximum absolute atomic E-state index is 13.1. The Hall–Kier alpha value is -3.54. The zero-order chi connectivity index (χ0) is 25.2. The van der Waals surface area contributed by atoms with Crippen LogP contribution < -0.4 is 10.2 Å². The van der Waals surface area contributed by atoms with Crippen LogP contribution in [0.5, 0.6) is 0 Å². The third-order valence-corrected chi connectivity index (χ3v) is 5.88. The van der Waals surface area contributed by atoms with E-state index in [2.05, 4.69) is 67.9 Å². The predicted molar refractivity (Wildman–Crippen MR) is 131 cm³/mol. The van der Waals surface area contributed by atoms with Crippen molar-refractivity contribution < 1.29 is 13.2 Å². The zero-order valence-corrected chi connectivity index (χ0v) is 20.4. The van der Waals surface area contributed by atoms with Gasteiger partial charge in [-0.1, -0.05) is 44.2 Å². The molecule has 184 valence electrons. The number of alkyl halides is 3. The summed E-state index contributed by atoms with van der Waals surface area (Å²) in [5.74, 6) is -0.265. The molecule has 0 radical (unpaired) electrons. The molecule has 12 heteroatoms. The Labute approximate surface area is 204 Å². The average molecular weight is 503 g/mol. The molecule has 0 aliphatic heterocycles. The van der Waals surface area contributed by atoms with E-state index in [1.165, 1.54) is 0 Å². The summed E-state index contributed by atoms with van der Waals surface area (Å²) in [6, 6.07) is 13.7. The van der Waals surface area contributed by atoms with E-state index in [9.17, 15) is 13.2 Å². The first-order chi connectivity index (χ1) is 16.6. The molecule has 4 rings (SSSR count). The lowest BCUT2D eigenvalue weighted by molar-refractivity contribution is -0.144. The lowest BCUT2D eigenvalue weighted by Crippen LogP contribution is -2.34. The van der Waals surface area contributed by atoms with Gasteiger partial charge in [0.1, 0.15) is 0 Å². The standard InChI is InChI=1S/C23H25F3N8S/c1-13(2)12-34(14(3)4)19-10-9-15(16-7-5-6-8-17(16)20-29-32-33-30-20)11-18(19)27-22-28-21(31-35-22)23(24,25)26/h5-11,13-14H,12H2,1-4H3,(H,27,28,31)(H,29,30,32,33). The number of aromatic amines is 1. The van der Waals surface area contributed by atoms with Crippen LogP contribution in [0.1, 0.15) is 33.5 Å². The molecule has 35 heavy (non-hydrogen) atoms. The van der Waals surface area contributed by atoms with Crippen molar-refractivity contribution in [2.75, 3.05) is 16.8 Å². The van der Waals surface area contributed by atoms with Crippen molar-refractivity contribution in [3.05, 3.63) is 48.3 Å². The largest absolute Gasteiger partial charge is 0.452 e. The van der Waals surface area contributed by atoms with Crippen molar-refractivity contribution in [2.45, 2.75) is 39.9 Å². The summed E-state index contributed by atoms with van der Waals surface area (Å²) in [5.41, 5.74) is 4.01. The number of benzene rings is 2. The molecule has 2 aromatic carbocycles. The average Bonchev–Trinajstić information content (AvgIpc) is 3.50. The van der Waals surface area contributed by atoms with Crippen LogP contribution in [-0.4, -0.2) is 42.6 Å². The molecule has 4 aromatic rings. The molecule has 2 aromatic heterocycles. The maximum Gasteiger partial charge on any atom is 0.452 e. The Morgan fingerprint density at radius 3 is 2.40 bits per heavy atom. The molecule has 2 heterocycles. The van der Waals surface area contributed by atoms with Crippen LogP contribution in [0, 0.1) is 5.92 Å². The minimum absolute atomic E-state index is 0.0664. The fourth-order valence-corrected chi connectivity index (χ4v) is 4.35. The van der Waals surface area contributed by atoms with Gasteiger partial charge in [-0.2, -0.15) is 22.5 Å². The van der Waals surface area contributed by atoms with Crippen molar-refractivity contribution in [1.82, 2.24) is 30.0 Å². The van der Waals surface area contributed by atoms with Gasteiger partial charge in [0.05, 0.1) is 11.4 Å². The molecule has 0 spiro atoms. The van der Waals surface area contributed by atoms with Crippen LogP contribution >= 0.6 is 11.5 Å². The molecule has 0 aliphatic rings. The number of tetrazole rings is 1. The molecular formula is C23H25F3N8S. The summed E-state index contributed by atoms with van der Waals surface area (Å²) in [4.78, 5) is 5.88.